The molecule has 0 saturated heterocycles. The van der Waals surface area contributed by atoms with E-state index in [1.165, 1.54) is 0 Å². The summed E-state index contributed by atoms with van der Waals surface area (Å²) >= 11 is 1.71. The van der Waals surface area contributed by atoms with E-state index in [1.807, 2.05) is 36.7 Å². The molecule has 5 aromatic rings. The van der Waals surface area contributed by atoms with E-state index in [0.29, 0.717) is 5.75 Å². The van der Waals surface area contributed by atoms with Crippen LogP contribution >= 0.6 is 11.8 Å². The molecule has 1 N–H and O–H groups in total. The van der Waals surface area contributed by atoms with Crippen LogP contribution in [-0.4, -0.2) is 33.4 Å². The van der Waals surface area contributed by atoms with Gasteiger partial charge < -0.3 is 9.84 Å². The van der Waals surface area contributed by atoms with Gasteiger partial charge in [-0.1, -0.05) is 66.7 Å². The van der Waals surface area contributed by atoms with Crippen molar-refractivity contribution in [1.82, 2.24) is 9.97 Å². The minimum Gasteiger partial charge on any atom is -0.482 e. The van der Waals surface area contributed by atoms with Gasteiger partial charge in [0.1, 0.15) is 5.75 Å². The van der Waals surface area contributed by atoms with Crippen LogP contribution in [0.3, 0.4) is 0 Å². The SMILES string of the molecule is O=C(O)COc1ccc(SCC=C(c2ccc(-c3cccnc3)cc2)c2ccc(-c3cccnc3)cc2)cc1. The highest BCUT2D eigenvalue weighted by Gasteiger charge is 2.08. The van der Waals surface area contributed by atoms with Gasteiger partial charge in [0.05, 0.1) is 0 Å². The maximum Gasteiger partial charge on any atom is 0.341 e. The van der Waals surface area contributed by atoms with Crippen molar-refractivity contribution >= 4 is 23.3 Å². The third-order valence-electron chi connectivity index (χ3n) is 6.11. The highest BCUT2D eigenvalue weighted by molar-refractivity contribution is 7.99. The quantitative estimate of drug-likeness (QED) is 0.189. The summed E-state index contributed by atoms with van der Waals surface area (Å²) in [5, 5.41) is 8.79. The van der Waals surface area contributed by atoms with Crippen molar-refractivity contribution in [2.75, 3.05) is 12.4 Å². The first kappa shape index (κ1) is 25.9. The number of carboxylic acids is 1. The molecule has 0 aliphatic heterocycles. The Balaban J connectivity index is 1.38. The Morgan fingerprint density at radius 3 is 1.72 bits per heavy atom. The van der Waals surface area contributed by atoms with Crippen molar-refractivity contribution in [2.45, 2.75) is 4.90 Å². The van der Waals surface area contributed by atoms with Crippen molar-refractivity contribution in [1.29, 1.82) is 0 Å². The molecular weight excluding hydrogens is 504 g/mol. The monoisotopic (exact) mass is 530 g/mol. The average molecular weight is 531 g/mol. The summed E-state index contributed by atoms with van der Waals surface area (Å²) < 4.78 is 5.24. The highest BCUT2D eigenvalue weighted by Crippen LogP contribution is 2.30. The molecule has 0 radical (unpaired) electrons. The fraction of sp³-hybridized carbons (Fsp3) is 0.0606. The summed E-state index contributed by atoms with van der Waals surface area (Å²) in [7, 11) is 0. The van der Waals surface area contributed by atoms with Crippen LogP contribution in [0.4, 0.5) is 0 Å². The maximum absolute atomic E-state index is 10.7. The lowest BCUT2D eigenvalue weighted by Gasteiger charge is -2.12. The zero-order valence-electron chi connectivity index (χ0n) is 21.1. The molecule has 39 heavy (non-hydrogen) atoms. The van der Waals surface area contributed by atoms with Crippen LogP contribution in [0.15, 0.2) is 133 Å². The molecular formula is C33H26N2O3S. The van der Waals surface area contributed by atoms with E-state index in [9.17, 15) is 4.79 Å². The number of carbonyl (C=O) groups is 1. The topological polar surface area (TPSA) is 72.3 Å². The Morgan fingerprint density at radius 1 is 0.718 bits per heavy atom. The minimum atomic E-state index is -0.993. The molecule has 0 bridgehead atoms. The highest BCUT2D eigenvalue weighted by atomic mass is 32.2. The largest absolute Gasteiger partial charge is 0.482 e. The normalized spacial score (nSPS) is 10.6. The molecule has 0 aliphatic rings. The van der Waals surface area contributed by atoms with E-state index in [-0.39, 0.29) is 6.61 Å². The lowest BCUT2D eigenvalue weighted by molar-refractivity contribution is -0.139. The molecule has 0 unspecified atom stereocenters. The lowest BCUT2D eigenvalue weighted by atomic mass is 9.94. The molecule has 0 fully saturated rings. The van der Waals surface area contributed by atoms with Crippen LogP contribution in [0.25, 0.3) is 27.8 Å². The van der Waals surface area contributed by atoms with E-state index in [1.54, 1.807) is 36.3 Å². The molecule has 0 spiro atoms. The van der Waals surface area contributed by atoms with Gasteiger partial charge >= 0.3 is 5.97 Å². The summed E-state index contributed by atoms with van der Waals surface area (Å²) in [6.45, 7) is -0.349. The molecule has 3 aromatic carbocycles. The van der Waals surface area contributed by atoms with E-state index in [0.717, 1.165) is 49.6 Å². The Bertz CT molecular complexity index is 1450. The fourth-order valence-electron chi connectivity index (χ4n) is 4.15. The Kier molecular flexibility index (Phi) is 8.46. The molecule has 2 heterocycles. The lowest BCUT2D eigenvalue weighted by Crippen LogP contribution is -2.09. The van der Waals surface area contributed by atoms with Crippen molar-refractivity contribution in [2.24, 2.45) is 0 Å². The van der Waals surface area contributed by atoms with E-state index < -0.39 is 5.97 Å². The van der Waals surface area contributed by atoms with Gasteiger partial charge in [-0.15, -0.1) is 11.8 Å². The van der Waals surface area contributed by atoms with Gasteiger partial charge in [0.2, 0.25) is 0 Å². The van der Waals surface area contributed by atoms with Crippen LogP contribution in [0.1, 0.15) is 11.1 Å². The molecule has 6 heteroatoms. The van der Waals surface area contributed by atoms with Gasteiger partial charge in [0, 0.05) is 35.4 Å². The van der Waals surface area contributed by atoms with Gasteiger partial charge in [-0.2, -0.15) is 0 Å². The van der Waals surface area contributed by atoms with Crippen LogP contribution < -0.4 is 4.74 Å². The third-order valence-corrected chi connectivity index (χ3v) is 7.04. The van der Waals surface area contributed by atoms with E-state index >= 15 is 0 Å². The molecule has 2 aromatic heterocycles. The van der Waals surface area contributed by atoms with Gasteiger partial charge in [-0.25, -0.2) is 4.79 Å². The number of rotatable bonds is 10. The standard InChI is InChI=1S/C33H26N2O3S/c36-33(37)23-38-30-13-15-31(16-14-30)39-20-17-32(26-9-5-24(6-10-26)28-3-1-18-34-21-28)27-11-7-25(8-12-27)29-4-2-19-35-22-29/h1-19,21-22H,20,23H2,(H,36,37). The third kappa shape index (κ3) is 7.00. The number of hydrogen-bond donors (Lipinski definition) is 1. The van der Waals surface area contributed by atoms with E-state index in [2.05, 4.69) is 76.7 Å². The van der Waals surface area contributed by atoms with Gasteiger partial charge in [-0.05, 0) is 75.4 Å². The zero-order valence-corrected chi connectivity index (χ0v) is 21.9. The number of carboxylic acid groups (broad SMARTS) is 1. The number of ether oxygens (including phenoxy) is 1. The van der Waals surface area contributed by atoms with Crippen molar-refractivity contribution in [3.63, 3.8) is 0 Å². The molecule has 192 valence electrons. The Morgan fingerprint density at radius 2 is 1.26 bits per heavy atom. The van der Waals surface area contributed by atoms with Crippen LogP contribution in [0.5, 0.6) is 5.75 Å². The van der Waals surface area contributed by atoms with Crippen LogP contribution in [0, 0.1) is 0 Å². The number of benzene rings is 3. The van der Waals surface area contributed by atoms with Crippen molar-refractivity contribution in [3.05, 3.63) is 139 Å². The number of hydrogen-bond acceptors (Lipinski definition) is 5. The van der Waals surface area contributed by atoms with Crippen LogP contribution in [-0.2, 0) is 4.79 Å². The summed E-state index contributed by atoms with van der Waals surface area (Å²) in [5.74, 6) is 0.313. The number of nitrogens with zero attached hydrogens (tertiary/aromatic N) is 2. The summed E-state index contributed by atoms with van der Waals surface area (Å²) in [4.78, 5) is 20.3. The minimum absolute atomic E-state index is 0.349. The van der Waals surface area contributed by atoms with Crippen molar-refractivity contribution in [3.8, 4) is 28.0 Å². The molecule has 0 saturated carbocycles. The summed E-state index contributed by atoms with van der Waals surface area (Å²) in [6, 6.07) is 32.6. The summed E-state index contributed by atoms with van der Waals surface area (Å²) in [6.07, 6.45) is 9.55. The number of pyridine rings is 2. The van der Waals surface area contributed by atoms with Crippen molar-refractivity contribution < 1.29 is 14.6 Å². The second-order valence-corrected chi connectivity index (χ2v) is 9.81. The van der Waals surface area contributed by atoms with Gasteiger partial charge in [-0.3, -0.25) is 9.97 Å². The first-order valence-corrected chi connectivity index (χ1v) is 13.4. The number of aliphatic carboxylic acids is 1. The van der Waals surface area contributed by atoms with Gasteiger partial charge in [0.15, 0.2) is 6.61 Å². The Labute approximate surface area is 231 Å². The first-order valence-electron chi connectivity index (χ1n) is 12.4. The number of thioether (sulfide) groups is 1. The smallest absolute Gasteiger partial charge is 0.341 e. The zero-order chi connectivity index (χ0) is 26.9. The van der Waals surface area contributed by atoms with Crippen LogP contribution in [0.2, 0.25) is 0 Å². The average Bonchev–Trinajstić information content (AvgIpc) is 3.00. The molecule has 0 atom stereocenters. The maximum atomic E-state index is 10.7. The van der Waals surface area contributed by atoms with E-state index in [4.69, 9.17) is 9.84 Å². The molecule has 0 aliphatic carbocycles. The van der Waals surface area contributed by atoms with Gasteiger partial charge in [0.25, 0.3) is 0 Å². The Hall–Kier alpha value is -4.68. The fourth-order valence-corrected chi connectivity index (χ4v) is 4.92. The molecule has 5 nitrogen and oxygen atoms in total. The predicted molar refractivity (Wildman–Crippen MR) is 157 cm³/mol. The second-order valence-electron chi connectivity index (χ2n) is 8.72. The molecule has 0 amide bonds. The summed E-state index contributed by atoms with van der Waals surface area (Å²) in [5.41, 5.74) is 7.84. The predicted octanol–water partition coefficient (Wildman–Crippen LogP) is 7.50. The number of aromatic nitrogens is 2. The second kappa shape index (κ2) is 12.7. The molecule has 5 rings (SSSR count). The first-order chi connectivity index (χ1) is 19.2.